The molecule has 0 spiro atoms. The molecule has 1 aromatic carbocycles. The Hall–Kier alpha value is -3.50. The van der Waals surface area contributed by atoms with Crippen LogP contribution in [0.5, 0.6) is 0 Å². The lowest BCUT2D eigenvalue weighted by Gasteiger charge is -2.12. The summed E-state index contributed by atoms with van der Waals surface area (Å²) in [5.41, 5.74) is 4.31. The number of pyridine rings is 1. The molecular weight excluding hydrogens is 357 g/mol. The van der Waals surface area contributed by atoms with Crippen LogP contribution in [0, 0.1) is 17.1 Å². The minimum absolute atomic E-state index is 0.308. The fourth-order valence-electron chi connectivity index (χ4n) is 3.20. The van der Waals surface area contributed by atoms with Crippen LogP contribution in [0.3, 0.4) is 0 Å². The summed E-state index contributed by atoms with van der Waals surface area (Å²) in [4.78, 5) is 8.78. The molecule has 0 radical (unpaired) electrons. The number of aliphatic hydroxyl groups is 1. The molecule has 0 saturated heterocycles. The molecule has 0 fully saturated rings. The van der Waals surface area contributed by atoms with Crippen LogP contribution in [0.15, 0.2) is 55.1 Å². The van der Waals surface area contributed by atoms with Gasteiger partial charge in [0.1, 0.15) is 23.2 Å². The second-order valence-electron chi connectivity index (χ2n) is 6.68. The van der Waals surface area contributed by atoms with Gasteiger partial charge in [0.15, 0.2) is 0 Å². The van der Waals surface area contributed by atoms with Crippen molar-refractivity contribution >= 4 is 5.65 Å². The quantitative estimate of drug-likeness (QED) is 0.577. The Morgan fingerprint density at radius 2 is 1.89 bits per heavy atom. The zero-order chi connectivity index (χ0) is 19.7. The molecule has 0 aliphatic rings. The van der Waals surface area contributed by atoms with Crippen molar-refractivity contribution in [2.24, 2.45) is 0 Å². The summed E-state index contributed by atoms with van der Waals surface area (Å²) in [7, 11) is 0. The van der Waals surface area contributed by atoms with Crippen molar-refractivity contribution < 1.29 is 9.50 Å². The van der Waals surface area contributed by atoms with Crippen LogP contribution in [-0.2, 0) is 6.54 Å². The van der Waals surface area contributed by atoms with Crippen molar-refractivity contribution in [2.45, 2.75) is 26.0 Å². The van der Waals surface area contributed by atoms with E-state index in [9.17, 15) is 14.8 Å². The minimum atomic E-state index is -0.439. The number of hydrogen-bond donors (Lipinski definition) is 1. The standard InChI is InChI=1S/C21H18FN5O/c1-14(28)8-9-26-13-25-20(15-2-5-17(22)6-3-15)21(26)16-4-7-19-24-11-18(10-23)27(19)12-16/h2-7,11-14,28H,8-9H2,1H3. The van der Waals surface area contributed by atoms with Crippen molar-refractivity contribution in [1.82, 2.24) is 18.9 Å². The van der Waals surface area contributed by atoms with E-state index in [0.29, 0.717) is 30.0 Å². The van der Waals surface area contributed by atoms with Crippen molar-refractivity contribution in [2.75, 3.05) is 0 Å². The molecular formula is C21H18FN5O. The molecule has 0 aliphatic heterocycles. The summed E-state index contributed by atoms with van der Waals surface area (Å²) in [6, 6.07) is 12.1. The number of fused-ring (bicyclic) bond motifs is 1. The average molecular weight is 375 g/mol. The van der Waals surface area contributed by atoms with Crippen LogP contribution in [-0.4, -0.2) is 30.1 Å². The van der Waals surface area contributed by atoms with Gasteiger partial charge >= 0.3 is 0 Å². The highest BCUT2D eigenvalue weighted by molar-refractivity contribution is 5.79. The molecule has 4 rings (SSSR count). The van der Waals surface area contributed by atoms with Crippen molar-refractivity contribution in [3.8, 4) is 28.6 Å². The number of aliphatic hydroxyl groups excluding tert-OH is 1. The molecule has 0 amide bonds. The van der Waals surface area contributed by atoms with Gasteiger partial charge in [0, 0.05) is 23.9 Å². The predicted molar refractivity (Wildman–Crippen MR) is 103 cm³/mol. The lowest BCUT2D eigenvalue weighted by atomic mass is 10.1. The summed E-state index contributed by atoms with van der Waals surface area (Å²) in [5, 5.41) is 19.0. The van der Waals surface area contributed by atoms with E-state index in [0.717, 1.165) is 16.8 Å². The lowest BCUT2D eigenvalue weighted by Crippen LogP contribution is -2.07. The van der Waals surface area contributed by atoms with Crippen LogP contribution in [0.25, 0.3) is 28.2 Å². The van der Waals surface area contributed by atoms with Crippen molar-refractivity contribution in [1.29, 1.82) is 5.26 Å². The summed E-state index contributed by atoms with van der Waals surface area (Å²) in [6.07, 6.45) is 5.24. The maximum atomic E-state index is 13.4. The smallest absolute Gasteiger partial charge is 0.144 e. The third-order valence-electron chi connectivity index (χ3n) is 4.64. The summed E-state index contributed by atoms with van der Waals surface area (Å²) < 4.78 is 17.1. The van der Waals surface area contributed by atoms with Gasteiger partial charge < -0.3 is 9.67 Å². The Morgan fingerprint density at radius 1 is 1.14 bits per heavy atom. The van der Waals surface area contributed by atoms with Gasteiger partial charge in [-0.05, 0) is 49.7 Å². The third-order valence-corrected chi connectivity index (χ3v) is 4.64. The number of hydrogen-bond acceptors (Lipinski definition) is 4. The first-order valence-electron chi connectivity index (χ1n) is 8.93. The molecule has 7 heteroatoms. The molecule has 0 saturated carbocycles. The summed E-state index contributed by atoms with van der Waals surface area (Å²) >= 11 is 0. The summed E-state index contributed by atoms with van der Waals surface area (Å²) in [6.45, 7) is 2.32. The van der Waals surface area contributed by atoms with Gasteiger partial charge in [-0.15, -0.1) is 0 Å². The number of benzene rings is 1. The van der Waals surface area contributed by atoms with Gasteiger partial charge in [0.25, 0.3) is 0 Å². The molecule has 3 heterocycles. The number of aryl methyl sites for hydroxylation is 1. The Balaban J connectivity index is 1.88. The zero-order valence-electron chi connectivity index (χ0n) is 15.2. The first kappa shape index (κ1) is 17.9. The van der Waals surface area contributed by atoms with E-state index >= 15 is 0 Å². The van der Waals surface area contributed by atoms with E-state index in [4.69, 9.17) is 0 Å². The van der Waals surface area contributed by atoms with Gasteiger partial charge in [-0.25, -0.2) is 14.4 Å². The van der Waals surface area contributed by atoms with Crippen LogP contribution in [0.1, 0.15) is 19.0 Å². The molecule has 0 aliphatic carbocycles. The number of rotatable bonds is 5. The van der Waals surface area contributed by atoms with E-state index in [2.05, 4.69) is 16.0 Å². The Morgan fingerprint density at radius 3 is 2.61 bits per heavy atom. The monoisotopic (exact) mass is 375 g/mol. The SMILES string of the molecule is CC(O)CCn1cnc(-c2ccc(F)cc2)c1-c1ccc2ncc(C#N)n2c1. The van der Waals surface area contributed by atoms with Gasteiger partial charge in [0.05, 0.1) is 30.0 Å². The highest BCUT2D eigenvalue weighted by atomic mass is 19.1. The second-order valence-corrected chi connectivity index (χ2v) is 6.68. The summed E-state index contributed by atoms with van der Waals surface area (Å²) in [5.74, 6) is -0.308. The molecule has 6 nitrogen and oxygen atoms in total. The minimum Gasteiger partial charge on any atom is -0.393 e. The number of aromatic nitrogens is 4. The van der Waals surface area contributed by atoms with Crippen LogP contribution >= 0.6 is 0 Å². The first-order valence-corrected chi connectivity index (χ1v) is 8.93. The van der Waals surface area contributed by atoms with Gasteiger partial charge in [-0.1, -0.05) is 0 Å². The number of nitrogens with zero attached hydrogens (tertiary/aromatic N) is 5. The molecule has 140 valence electrons. The normalized spacial score (nSPS) is 12.2. The van der Waals surface area contributed by atoms with E-state index < -0.39 is 6.10 Å². The highest BCUT2D eigenvalue weighted by Crippen LogP contribution is 2.32. The van der Waals surface area contributed by atoms with Crippen molar-refractivity contribution in [3.63, 3.8) is 0 Å². The first-order chi connectivity index (χ1) is 13.6. The second kappa shape index (κ2) is 7.25. The van der Waals surface area contributed by atoms with Crippen LogP contribution in [0.4, 0.5) is 4.39 Å². The topological polar surface area (TPSA) is 79.1 Å². The Labute approximate surface area is 161 Å². The highest BCUT2D eigenvalue weighted by Gasteiger charge is 2.17. The zero-order valence-corrected chi connectivity index (χ0v) is 15.2. The fourth-order valence-corrected chi connectivity index (χ4v) is 3.20. The van der Waals surface area contributed by atoms with Crippen LogP contribution < -0.4 is 0 Å². The maximum Gasteiger partial charge on any atom is 0.144 e. The fraction of sp³-hybridized carbons (Fsp3) is 0.190. The molecule has 1 unspecified atom stereocenters. The maximum absolute atomic E-state index is 13.4. The lowest BCUT2D eigenvalue weighted by molar-refractivity contribution is 0.178. The Bertz CT molecular complexity index is 1170. The van der Waals surface area contributed by atoms with E-state index in [1.807, 2.05) is 22.9 Å². The van der Waals surface area contributed by atoms with Gasteiger partial charge in [0.2, 0.25) is 0 Å². The molecule has 1 N–H and O–H groups in total. The van der Waals surface area contributed by atoms with Crippen molar-refractivity contribution in [3.05, 3.63) is 66.6 Å². The van der Waals surface area contributed by atoms with Crippen LogP contribution in [0.2, 0.25) is 0 Å². The number of nitriles is 1. The van der Waals surface area contributed by atoms with E-state index in [1.54, 1.807) is 29.8 Å². The number of imidazole rings is 2. The van der Waals surface area contributed by atoms with E-state index in [-0.39, 0.29) is 5.82 Å². The molecule has 4 aromatic rings. The Kier molecular flexibility index (Phi) is 4.63. The molecule has 0 bridgehead atoms. The molecule has 28 heavy (non-hydrogen) atoms. The largest absolute Gasteiger partial charge is 0.393 e. The molecule has 1 atom stereocenters. The van der Waals surface area contributed by atoms with Gasteiger partial charge in [-0.3, -0.25) is 4.40 Å². The van der Waals surface area contributed by atoms with Gasteiger partial charge in [-0.2, -0.15) is 5.26 Å². The van der Waals surface area contributed by atoms with E-state index in [1.165, 1.54) is 18.3 Å². The average Bonchev–Trinajstić information content (AvgIpc) is 3.30. The number of halogens is 1. The predicted octanol–water partition coefficient (Wildman–Crippen LogP) is 3.65. The molecule has 3 aromatic heterocycles. The third kappa shape index (κ3) is 3.26.